The number of aliphatic carboxylic acids is 1. The van der Waals surface area contributed by atoms with Gasteiger partial charge in [0.25, 0.3) is 0 Å². The van der Waals surface area contributed by atoms with Crippen LogP contribution in [0.1, 0.15) is 52.4 Å². The summed E-state index contributed by atoms with van der Waals surface area (Å²) in [5, 5.41) is 16.3. The van der Waals surface area contributed by atoms with Crippen molar-refractivity contribution in [2.75, 3.05) is 0 Å². The van der Waals surface area contributed by atoms with Crippen LogP contribution in [0.3, 0.4) is 0 Å². The second-order valence-corrected chi connectivity index (χ2v) is 8.31. The summed E-state index contributed by atoms with van der Waals surface area (Å²) in [7, 11) is 0. The van der Waals surface area contributed by atoms with E-state index in [4.69, 9.17) is 22.9 Å². The average molecular weight is 502 g/mol. The van der Waals surface area contributed by atoms with E-state index in [1.165, 1.54) is 0 Å². The van der Waals surface area contributed by atoms with Gasteiger partial charge in [-0.3, -0.25) is 28.8 Å². The molecule has 0 saturated carbocycles. The summed E-state index contributed by atoms with van der Waals surface area (Å²) in [6.45, 7) is 3.12. The SMILES string of the molecule is CC(C)C(NC(=O)C(CCC(N)=O)NC(=O)C(CCC(N)=O)NC(=O)C(N)CCC(N)=O)C(=O)O. The van der Waals surface area contributed by atoms with E-state index >= 15 is 0 Å². The molecule has 0 heterocycles. The lowest BCUT2D eigenvalue weighted by molar-refractivity contribution is -0.143. The molecular weight excluding hydrogens is 466 g/mol. The summed E-state index contributed by atoms with van der Waals surface area (Å²) in [4.78, 5) is 82.7. The van der Waals surface area contributed by atoms with Crippen LogP contribution >= 0.6 is 0 Å². The standard InChI is InChI=1S/C20H35N7O8/c1-9(2)16(20(34)35)27-19(33)12(5-8-15(24)30)26-18(32)11(4-7-14(23)29)25-17(31)10(21)3-6-13(22)28/h9-12,16H,3-8,21H2,1-2H3,(H2,22,28)(H2,23,29)(H2,24,30)(H,25,31)(H,26,32)(H,27,33)(H,34,35). The van der Waals surface area contributed by atoms with Crippen LogP contribution in [0.25, 0.3) is 0 Å². The maximum absolute atomic E-state index is 12.9. The van der Waals surface area contributed by atoms with E-state index in [0.29, 0.717) is 0 Å². The molecule has 0 aromatic rings. The van der Waals surface area contributed by atoms with E-state index < -0.39 is 71.5 Å². The van der Waals surface area contributed by atoms with Gasteiger partial charge in [0.2, 0.25) is 35.4 Å². The van der Waals surface area contributed by atoms with Gasteiger partial charge in [-0.15, -0.1) is 0 Å². The quantitative estimate of drug-likeness (QED) is 0.0971. The number of nitrogens with one attached hydrogen (secondary N) is 3. The molecule has 15 heteroatoms. The van der Waals surface area contributed by atoms with Gasteiger partial charge in [-0.25, -0.2) is 4.79 Å². The van der Waals surface area contributed by atoms with Gasteiger partial charge in [-0.1, -0.05) is 13.8 Å². The zero-order valence-electron chi connectivity index (χ0n) is 19.7. The molecule has 0 fully saturated rings. The minimum absolute atomic E-state index is 0.0965. The van der Waals surface area contributed by atoms with Crippen molar-refractivity contribution < 1.29 is 38.7 Å². The highest BCUT2D eigenvalue weighted by atomic mass is 16.4. The number of carboxylic acid groups (broad SMARTS) is 1. The number of hydrogen-bond acceptors (Lipinski definition) is 8. The normalized spacial score (nSPS) is 14.2. The number of nitrogens with two attached hydrogens (primary N) is 4. The summed E-state index contributed by atoms with van der Waals surface area (Å²) in [6.07, 6.45) is -1.39. The van der Waals surface area contributed by atoms with Crippen molar-refractivity contribution in [1.82, 2.24) is 16.0 Å². The van der Waals surface area contributed by atoms with Crippen molar-refractivity contribution in [2.45, 2.75) is 76.5 Å². The molecule has 0 aromatic heterocycles. The molecule has 0 aliphatic carbocycles. The van der Waals surface area contributed by atoms with Crippen LogP contribution < -0.4 is 38.9 Å². The average Bonchev–Trinajstić information content (AvgIpc) is 2.74. The highest BCUT2D eigenvalue weighted by molar-refractivity contribution is 5.94. The minimum Gasteiger partial charge on any atom is -0.480 e. The molecule has 0 aromatic carbocycles. The number of amides is 6. The summed E-state index contributed by atoms with van der Waals surface area (Å²) in [5.41, 5.74) is 21.0. The molecule has 4 unspecified atom stereocenters. The first-order valence-electron chi connectivity index (χ1n) is 10.9. The predicted molar refractivity (Wildman–Crippen MR) is 122 cm³/mol. The van der Waals surface area contributed by atoms with E-state index in [-0.39, 0.29) is 38.5 Å². The zero-order chi connectivity index (χ0) is 27.3. The first kappa shape index (κ1) is 31.2. The molecule has 0 rings (SSSR count). The molecule has 0 radical (unpaired) electrons. The number of carboxylic acids is 1. The van der Waals surface area contributed by atoms with Crippen LogP contribution in [0, 0.1) is 5.92 Å². The highest BCUT2D eigenvalue weighted by Gasteiger charge is 2.31. The molecular formula is C20H35N7O8. The molecule has 0 spiro atoms. The van der Waals surface area contributed by atoms with Crippen molar-refractivity contribution >= 4 is 41.4 Å². The Morgan fingerprint density at radius 1 is 0.657 bits per heavy atom. The Morgan fingerprint density at radius 3 is 1.40 bits per heavy atom. The van der Waals surface area contributed by atoms with E-state index in [0.717, 1.165) is 0 Å². The molecule has 6 amide bonds. The van der Waals surface area contributed by atoms with Crippen molar-refractivity contribution in [1.29, 1.82) is 0 Å². The van der Waals surface area contributed by atoms with Crippen molar-refractivity contribution in [3.63, 3.8) is 0 Å². The van der Waals surface area contributed by atoms with Crippen LogP contribution in [0.5, 0.6) is 0 Å². The van der Waals surface area contributed by atoms with E-state index in [2.05, 4.69) is 16.0 Å². The monoisotopic (exact) mass is 501 g/mol. The largest absolute Gasteiger partial charge is 0.480 e. The Balaban J connectivity index is 5.61. The van der Waals surface area contributed by atoms with Gasteiger partial charge in [0.05, 0.1) is 6.04 Å². The zero-order valence-corrected chi connectivity index (χ0v) is 19.7. The third kappa shape index (κ3) is 12.9. The van der Waals surface area contributed by atoms with E-state index in [1.54, 1.807) is 13.8 Å². The topological polar surface area (TPSA) is 280 Å². The summed E-state index contributed by atoms with van der Waals surface area (Å²) >= 11 is 0. The lowest BCUT2D eigenvalue weighted by Gasteiger charge is -2.25. The van der Waals surface area contributed by atoms with Gasteiger partial charge in [-0.2, -0.15) is 0 Å². The lowest BCUT2D eigenvalue weighted by Crippen LogP contribution is -2.57. The lowest BCUT2D eigenvalue weighted by atomic mass is 10.0. The van der Waals surface area contributed by atoms with Crippen LogP contribution in [0.4, 0.5) is 0 Å². The third-order valence-corrected chi connectivity index (χ3v) is 4.89. The Kier molecular flexibility index (Phi) is 13.6. The van der Waals surface area contributed by atoms with Crippen LogP contribution in [0.15, 0.2) is 0 Å². The maximum atomic E-state index is 12.9. The van der Waals surface area contributed by atoms with Gasteiger partial charge in [0.15, 0.2) is 0 Å². The molecule has 0 saturated heterocycles. The fourth-order valence-electron chi connectivity index (χ4n) is 2.86. The number of hydrogen-bond donors (Lipinski definition) is 8. The molecule has 15 nitrogen and oxygen atoms in total. The number of carbonyl (C=O) groups excluding carboxylic acids is 6. The van der Waals surface area contributed by atoms with Crippen molar-refractivity contribution in [3.8, 4) is 0 Å². The minimum atomic E-state index is -1.38. The molecule has 4 atom stereocenters. The Bertz CT molecular complexity index is 817. The first-order chi connectivity index (χ1) is 16.1. The number of rotatable bonds is 17. The Hall–Kier alpha value is -3.75. The van der Waals surface area contributed by atoms with Gasteiger partial charge in [0.1, 0.15) is 18.1 Å². The van der Waals surface area contributed by atoms with Gasteiger partial charge in [0, 0.05) is 19.3 Å². The van der Waals surface area contributed by atoms with Crippen LogP contribution in [-0.4, -0.2) is 70.7 Å². The van der Waals surface area contributed by atoms with Gasteiger partial charge < -0.3 is 44.0 Å². The second kappa shape index (κ2) is 15.2. The predicted octanol–water partition coefficient (Wildman–Crippen LogP) is -3.69. The van der Waals surface area contributed by atoms with Crippen LogP contribution in [0.2, 0.25) is 0 Å². The molecule has 0 aliphatic rings. The highest BCUT2D eigenvalue weighted by Crippen LogP contribution is 2.07. The van der Waals surface area contributed by atoms with Gasteiger partial charge in [-0.05, 0) is 25.2 Å². The number of primary amides is 3. The fraction of sp³-hybridized carbons (Fsp3) is 0.650. The fourth-order valence-corrected chi connectivity index (χ4v) is 2.86. The van der Waals surface area contributed by atoms with Crippen molar-refractivity contribution in [2.24, 2.45) is 28.9 Å². The smallest absolute Gasteiger partial charge is 0.326 e. The number of carbonyl (C=O) groups is 7. The first-order valence-corrected chi connectivity index (χ1v) is 10.9. The molecule has 35 heavy (non-hydrogen) atoms. The maximum Gasteiger partial charge on any atom is 0.326 e. The molecule has 0 bridgehead atoms. The second-order valence-electron chi connectivity index (χ2n) is 8.31. The summed E-state index contributed by atoms with van der Waals surface area (Å²) in [6, 6.07) is -5.21. The van der Waals surface area contributed by atoms with E-state index in [1.807, 2.05) is 0 Å². The summed E-state index contributed by atoms with van der Waals surface area (Å²) < 4.78 is 0. The summed E-state index contributed by atoms with van der Waals surface area (Å²) in [5.74, 6) is -6.63. The Morgan fingerprint density at radius 2 is 1.03 bits per heavy atom. The third-order valence-electron chi connectivity index (χ3n) is 4.89. The molecule has 12 N–H and O–H groups in total. The molecule has 198 valence electrons. The molecule has 0 aliphatic heterocycles. The van der Waals surface area contributed by atoms with Gasteiger partial charge >= 0.3 is 5.97 Å². The van der Waals surface area contributed by atoms with Crippen molar-refractivity contribution in [3.05, 3.63) is 0 Å². The Labute approximate surface area is 202 Å². The van der Waals surface area contributed by atoms with Crippen LogP contribution in [-0.2, 0) is 33.6 Å². The van der Waals surface area contributed by atoms with E-state index in [9.17, 15) is 38.7 Å².